The minimum Gasteiger partial charge on any atom is -0.342 e. The van der Waals surface area contributed by atoms with E-state index in [-0.39, 0.29) is 24.9 Å². The molecule has 0 aromatic carbocycles. The van der Waals surface area contributed by atoms with Crippen LogP contribution in [-0.4, -0.2) is 35.8 Å². The molecular weight excluding hydrogens is 373 g/mol. The molecule has 1 atom stereocenters. The number of amides is 1. The lowest BCUT2D eigenvalue weighted by atomic mass is 10.0. The zero-order valence-electron chi connectivity index (χ0n) is 13.6. The second kappa shape index (κ2) is 6.88. The van der Waals surface area contributed by atoms with Gasteiger partial charge in [0.1, 0.15) is 11.3 Å². The summed E-state index contributed by atoms with van der Waals surface area (Å²) in [5.74, 6) is -0.223. The van der Waals surface area contributed by atoms with Gasteiger partial charge in [0, 0.05) is 12.2 Å². The van der Waals surface area contributed by atoms with Crippen molar-refractivity contribution in [3.8, 4) is 0 Å². The first-order chi connectivity index (χ1) is 12.2. The number of imidazole rings is 1. The SMILES string of the molecule is O=C1NC(CCCCCNS(=O)(=O)C(F)(F)F)c2cccc3ncc1n23. The Morgan fingerprint density at radius 2 is 2.00 bits per heavy atom. The number of halogens is 3. The third kappa shape index (κ3) is 3.54. The standard InChI is InChI=1S/C15H17F3N4O3S/c16-15(17,18)26(24,25)20-8-3-1-2-5-10-11-6-4-7-13-19-9-12(22(11)13)14(23)21-10/h4,6-7,9-10,20H,1-3,5,8H2,(H,21,23). The molecule has 1 unspecified atom stereocenters. The summed E-state index contributed by atoms with van der Waals surface area (Å²) in [6.45, 7) is -0.278. The number of unbranched alkanes of at least 4 members (excludes halogenated alkanes) is 2. The topological polar surface area (TPSA) is 92.6 Å². The summed E-state index contributed by atoms with van der Waals surface area (Å²) in [5.41, 5.74) is -3.25. The number of alkyl halides is 3. The number of hydrogen-bond acceptors (Lipinski definition) is 4. The molecule has 3 heterocycles. The van der Waals surface area contributed by atoms with Gasteiger partial charge in [-0.1, -0.05) is 18.9 Å². The van der Waals surface area contributed by atoms with Crippen molar-refractivity contribution in [2.75, 3.05) is 6.54 Å². The minimum absolute atomic E-state index is 0.222. The maximum Gasteiger partial charge on any atom is 0.511 e. The highest BCUT2D eigenvalue weighted by Gasteiger charge is 2.45. The van der Waals surface area contributed by atoms with Crippen molar-refractivity contribution in [1.82, 2.24) is 19.4 Å². The van der Waals surface area contributed by atoms with Crippen molar-refractivity contribution in [3.63, 3.8) is 0 Å². The predicted octanol–water partition coefficient (Wildman–Crippen LogP) is 2.12. The van der Waals surface area contributed by atoms with Gasteiger partial charge in [-0.2, -0.15) is 13.2 Å². The van der Waals surface area contributed by atoms with E-state index in [1.165, 1.54) is 10.9 Å². The Kier molecular flexibility index (Phi) is 4.93. The average Bonchev–Trinajstić information content (AvgIpc) is 2.99. The van der Waals surface area contributed by atoms with Gasteiger partial charge in [-0.25, -0.2) is 18.1 Å². The fourth-order valence-corrected chi connectivity index (χ4v) is 3.54. The molecule has 0 radical (unpaired) electrons. The summed E-state index contributed by atoms with van der Waals surface area (Å²) < 4.78 is 61.7. The van der Waals surface area contributed by atoms with Crippen LogP contribution in [0, 0.1) is 0 Å². The number of carbonyl (C=O) groups excluding carboxylic acids is 1. The lowest BCUT2D eigenvalue weighted by Crippen LogP contribution is -2.37. The lowest BCUT2D eigenvalue weighted by Gasteiger charge is -2.25. The Balaban J connectivity index is 1.52. The number of pyridine rings is 1. The van der Waals surface area contributed by atoms with E-state index < -0.39 is 15.5 Å². The highest BCUT2D eigenvalue weighted by molar-refractivity contribution is 7.90. The van der Waals surface area contributed by atoms with E-state index in [4.69, 9.17) is 0 Å². The molecule has 1 aliphatic rings. The van der Waals surface area contributed by atoms with E-state index in [0.29, 0.717) is 30.6 Å². The van der Waals surface area contributed by atoms with Crippen molar-refractivity contribution < 1.29 is 26.4 Å². The van der Waals surface area contributed by atoms with Gasteiger partial charge in [0.2, 0.25) is 0 Å². The average molecular weight is 390 g/mol. The van der Waals surface area contributed by atoms with Crippen LogP contribution in [-0.2, 0) is 10.0 Å². The smallest absolute Gasteiger partial charge is 0.342 e. The lowest BCUT2D eigenvalue weighted by molar-refractivity contribution is -0.0447. The molecule has 0 fully saturated rings. The third-order valence-corrected chi connectivity index (χ3v) is 5.41. The number of carbonyl (C=O) groups is 1. The fourth-order valence-electron chi connectivity index (χ4n) is 2.96. The van der Waals surface area contributed by atoms with Crippen LogP contribution in [0.25, 0.3) is 5.65 Å². The zero-order valence-corrected chi connectivity index (χ0v) is 14.4. The number of aromatic nitrogens is 2. The van der Waals surface area contributed by atoms with Crippen LogP contribution in [0.4, 0.5) is 13.2 Å². The summed E-state index contributed by atoms with van der Waals surface area (Å²) in [7, 11) is -5.28. The van der Waals surface area contributed by atoms with Crippen LogP contribution in [0.3, 0.4) is 0 Å². The van der Waals surface area contributed by atoms with Crippen molar-refractivity contribution in [1.29, 1.82) is 0 Å². The molecule has 142 valence electrons. The number of nitrogens with one attached hydrogen (secondary N) is 2. The molecule has 0 aliphatic carbocycles. The summed E-state index contributed by atoms with van der Waals surface area (Å²) >= 11 is 0. The molecular formula is C15H17F3N4O3S. The Labute approximate surface area is 147 Å². The molecule has 2 aromatic rings. The van der Waals surface area contributed by atoms with Gasteiger partial charge in [-0.05, 0) is 25.0 Å². The molecule has 0 saturated carbocycles. The first kappa shape index (κ1) is 18.6. The van der Waals surface area contributed by atoms with Gasteiger partial charge in [-0.15, -0.1) is 0 Å². The van der Waals surface area contributed by atoms with Crippen molar-refractivity contribution in [3.05, 3.63) is 35.8 Å². The van der Waals surface area contributed by atoms with Crippen LogP contribution in [0.2, 0.25) is 0 Å². The molecule has 0 saturated heterocycles. The quantitative estimate of drug-likeness (QED) is 0.709. The van der Waals surface area contributed by atoms with Gasteiger partial charge < -0.3 is 5.32 Å². The van der Waals surface area contributed by atoms with Gasteiger partial charge >= 0.3 is 15.5 Å². The van der Waals surface area contributed by atoms with E-state index in [0.717, 1.165) is 5.69 Å². The second-order valence-electron chi connectivity index (χ2n) is 6.01. The molecule has 26 heavy (non-hydrogen) atoms. The van der Waals surface area contributed by atoms with Gasteiger partial charge in [0.25, 0.3) is 5.91 Å². The monoisotopic (exact) mass is 390 g/mol. The molecule has 7 nitrogen and oxygen atoms in total. The molecule has 0 bridgehead atoms. The Hall–Kier alpha value is -2.14. The van der Waals surface area contributed by atoms with Crippen LogP contribution >= 0.6 is 0 Å². The molecule has 2 N–H and O–H groups in total. The molecule has 3 rings (SSSR count). The predicted molar refractivity (Wildman–Crippen MR) is 86.8 cm³/mol. The molecule has 2 aromatic heterocycles. The zero-order chi connectivity index (χ0) is 18.9. The van der Waals surface area contributed by atoms with Gasteiger partial charge in [0.05, 0.1) is 12.2 Å². The van der Waals surface area contributed by atoms with Gasteiger partial charge in [0.15, 0.2) is 0 Å². The Morgan fingerprint density at radius 3 is 2.73 bits per heavy atom. The van der Waals surface area contributed by atoms with Crippen LogP contribution in [0.5, 0.6) is 0 Å². The Morgan fingerprint density at radius 1 is 1.23 bits per heavy atom. The van der Waals surface area contributed by atoms with Crippen LogP contribution < -0.4 is 10.0 Å². The summed E-state index contributed by atoms with van der Waals surface area (Å²) in [4.78, 5) is 16.3. The van der Waals surface area contributed by atoms with Gasteiger partial charge in [-0.3, -0.25) is 9.20 Å². The van der Waals surface area contributed by atoms with E-state index in [1.807, 2.05) is 12.1 Å². The number of sulfonamides is 1. The fraction of sp³-hybridized carbons (Fsp3) is 0.467. The van der Waals surface area contributed by atoms with E-state index >= 15 is 0 Å². The molecule has 11 heteroatoms. The first-order valence-electron chi connectivity index (χ1n) is 8.04. The van der Waals surface area contributed by atoms with Crippen LogP contribution in [0.15, 0.2) is 24.4 Å². The van der Waals surface area contributed by atoms with E-state index in [2.05, 4.69) is 10.3 Å². The Bertz CT molecular complexity index is 924. The maximum atomic E-state index is 12.2. The van der Waals surface area contributed by atoms with Crippen molar-refractivity contribution in [2.45, 2.75) is 37.2 Å². The number of rotatable bonds is 7. The minimum atomic E-state index is -5.29. The molecule has 1 amide bonds. The van der Waals surface area contributed by atoms with Crippen molar-refractivity contribution >= 4 is 21.6 Å². The second-order valence-corrected chi connectivity index (χ2v) is 7.77. The highest BCUT2D eigenvalue weighted by Crippen LogP contribution is 2.26. The maximum absolute atomic E-state index is 12.2. The highest BCUT2D eigenvalue weighted by atomic mass is 32.2. The third-order valence-electron chi connectivity index (χ3n) is 4.22. The molecule has 1 aliphatic heterocycles. The van der Waals surface area contributed by atoms with Crippen molar-refractivity contribution in [2.24, 2.45) is 0 Å². The largest absolute Gasteiger partial charge is 0.511 e. The van der Waals surface area contributed by atoms with E-state index in [9.17, 15) is 26.4 Å². The summed E-state index contributed by atoms with van der Waals surface area (Å²) in [6.07, 6.45) is 3.53. The van der Waals surface area contributed by atoms with E-state index in [1.54, 1.807) is 10.5 Å². The summed E-state index contributed by atoms with van der Waals surface area (Å²) in [6, 6.07) is 5.31. The first-order valence-corrected chi connectivity index (χ1v) is 9.52. The van der Waals surface area contributed by atoms with Crippen LogP contribution in [0.1, 0.15) is 47.9 Å². The number of nitrogens with zero attached hydrogens (tertiary/aromatic N) is 2. The summed E-state index contributed by atoms with van der Waals surface area (Å²) in [5, 5.41) is 2.89. The normalized spacial score (nSPS) is 17.5. The number of hydrogen-bond donors (Lipinski definition) is 2. The molecule has 0 spiro atoms.